The van der Waals surface area contributed by atoms with Crippen molar-refractivity contribution in [2.24, 2.45) is 0 Å². The number of fused-ring (bicyclic) bond motifs is 1. The molecule has 3 rings (SSSR count). The summed E-state index contributed by atoms with van der Waals surface area (Å²) in [7, 11) is 0. The van der Waals surface area contributed by atoms with Crippen molar-refractivity contribution < 1.29 is 34.7 Å². The molecule has 1 heterocycles. The Morgan fingerprint density at radius 2 is 1.85 bits per heavy atom. The first-order valence-electron chi connectivity index (χ1n) is 8.45. The number of hydrogen-bond donors (Lipinski definition) is 5. The summed E-state index contributed by atoms with van der Waals surface area (Å²) >= 11 is 0. The van der Waals surface area contributed by atoms with Crippen LogP contribution in [0.25, 0.3) is 0 Å². The maximum Gasteiger partial charge on any atom is 0.407 e. The van der Waals surface area contributed by atoms with Gasteiger partial charge in [-0.05, 0) is 26.0 Å². The Labute approximate surface area is 155 Å². The van der Waals surface area contributed by atoms with Gasteiger partial charge in [-0.25, -0.2) is 4.79 Å². The summed E-state index contributed by atoms with van der Waals surface area (Å²) in [6.45, 7) is 3.58. The molecule has 2 unspecified atom stereocenters. The average Bonchev–Trinajstić information content (AvgIpc) is 2.56. The van der Waals surface area contributed by atoms with Crippen LogP contribution in [0.2, 0.25) is 0 Å². The van der Waals surface area contributed by atoms with Gasteiger partial charge >= 0.3 is 6.09 Å². The number of alkyl carbamates (subject to hydrolysis) is 1. The van der Waals surface area contributed by atoms with Crippen molar-refractivity contribution in [1.82, 2.24) is 5.32 Å². The summed E-state index contributed by atoms with van der Waals surface area (Å²) < 4.78 is 11.4. The number of ether oxygens (including phenoxy) is 2. The van der Waals surface area contributed by atoms with E-state index in [1.165, 1.54) is 30.3 Å². The van der Waals surface area contributed by atoms with Gasteiger partial charge in [-0.3, -0.25) is 0 Å². The molecule has 27 heavy (non-hydrogen) atoms. The van der Waals surface area contributed by atoms with Gasteiger partial charge in [0.25, 0.3) is 0 Å². The van der Waals surface area contributed by atoms with Crippen LogP contribution in [0.15, 0.2) is 30.3 Å². The lowest BCUT2D eigenvalue weighted by Crippen LogP contribution is -2.39. The molecular formula is C19H21NO7. The number of amides is 1. The second kappa shape index (κ2) is 7.14. The maximum atomic E-state index is 12.1. The molecule has 0 aromatic heterocycles. The quantitative estimate of drug-likeness (QED) is 0.522. The zero-order valence-corrected chi connectivity index (χ0v) is 14.8. The van der Waals surface area contributed by atoms with Gasteiger partial charge in [0.1, 0.15) is 23.4 Å². The number of rotatable bonds is 3. The smallest absolute Gasteiger partial charge is 0.407 e. The number of benzene rings is 2. The molecule has 1 aliphatic heterocycles. The maximum absolute atomic E-state index is 12.1. The van der Waals surface area contributed by atoms with E-state index >= 15 is 0 Å². The number of hydrogen-bond acceptors (Lipinski definition) is 7. The summed E-state index contributed by atoms with van der Waals surface area (Å²) in [5, 5.41) is 41.8. The third kappa shape index (κ3) is 3.94. The van der Waals surface area contributed by atoms with E-state index in [4.69, 9.17) is 9.47 Å². The van der Waals surface area contributed by atoms with Crippen molar-refractivity contribution in [3.05, 3.63) is 41.5 Å². The average molecular weight is 375 g/mol. The number of phenols is 4. The van der Waals surface area contributed by atoms with Crippen molar-refractivity contribution in [3.63, 3.8) is 0 Å². The van der Waals surface area contributed by atoms with E-state index in [1.54, 1.807) is 13.8 Å². The number of carbonyl (C=O) groups excluding carboxylic acids is 1. The molecule has 0 bridgehead atoms. The van der Waals surface area contributed by atoms with Crippen molar-refractivity contribution in [3.8, 4) is 28.7 Å². The molecule has 144 valence electrons. The fraction of sp³-hybridized carbons (Fsp3) is 0.316. The van der Waals surface area contributed by atoms with Crippen molar-refractivity contribution >= 4 is 6.09 Å². The van der Waals surface area contributed by atoms with Crippen LogP contribution in [0, 0.1) is 0 Å². The van der Waals surface area contributed by atoms with Gasteiger partial charge in [0.2, 0.25) is 0 Å². The van der Waals surface area contributed by atoms with Gasteiger partial charge in [-0.15, -0.1) is 0 Å². The van der Waals surface area contributed by atoms with E-state index in [2.05, 4.69) is 5.32 Å². The highest BCUT2D eigenvalue weighted by Gasteiger charge is 2.36. The van der Waals surface area contributed by atoms with E-state index in [0.29, 0.717) is 11.1 Å². The summed E-state index contributed by atoms with van der Waals surface area (Å²) in [5.74, 6) is -0.731. The van der Waals surface area contributed by atoms with E-state index in [1.807, 2.05) is 0 Å². The Balaban J connectivity index is 1.97. The van der Waals surface area contributed by atoms with Crippen molar-refractivity contribution in [1.29, 1.82) is 0 Å². The Hall–Kier alpha value is -3.29. The molecule has 1 aliphatic rings. The lowest BCUT2D eigenvalue weighted by molar-refractivity contribution is 0.00163. The summed E-state index contributed by atoms with van der Waals surface area (Å²) in [6.07, 6.45) is -2.13. The van der Waals surface area contributed by atoms with Crippen LogP contribution in [0.3, 0.4) is 0 Å². The van der Waals surface area contributed by atoms with E-state index < -0.39 is 18.3 Å². The number of nitrogens with one attached hydrogen (secondary N) is 1. The van der Waals surface area contributed by atoms with Crippen LogP contribution in [-0.2, 0) is 11.2 Å². The molecule has 5 N–H and O–H groups in total. The molecule has 0 saturated carbocycles. The van der Waals surface area contributed by atoms with Gasteiger partial charge < -0.3 is 35.2 Å². The van der Waals surface area contributed by atoms with Gasteiger partial charge in [-0.2, -0.15) is 0 Å². The van der Waals surface area contributed by atoms with Crippen LogP contribution >= 0.6 is 0 Å². The normalized spacial score (nSPS) is 18.5. The molecule has 2 atom stereocenters. The fourth-order valence-corrected chi connectivity index (χ4v) is 2.96. The number of carbonyl (C=O) groups is 1. The minimum atomic E-state index is -0.817. The van der Waals surface area contributed by atoms with Crippen LogP contribution in [0.4, 0.5) is 4.79 Å². The second-order valence-electron chi connectivity index (χ2n) is 6.68. The first-order valence-corrected chi connectivity index (χ1v) is 8.45. The molecule has 0 fully saturated rings. The summed E-state index contributed by atoms with van der Waals surface area (Å²) in [4.78, 5) is 12.1. The van der Waals surface area contributed by atoms with Gasteiger partial charge in [0, 0.05) is 35.7 Å². The molecule has 2 aromatic carbocycles. The highest BCUT2D eigenvalue weighted by atomic mass is 16.6. The highest BCUT2D eigenvalue weighted by molar-refractivity contribution is 5.68. The molecule has 0 saturated heterocycles. The number of aromatic hydroxyl groups is 4. The third-order valence-corrected chi connectivity index (χ3v) is 4.16. The van der Waals surface area contributed by atoms with Gasteiger partial charge in [0.05, 0.1) is 0 Å². The van der Waals surface area contributed by atoms with Crippen LogP contribution < -0.4 is 10.1 Å². The largest absolute Gasteiger partial charge is 0.508 e. The lowest BCUT2D eigenvalue weighted by atomic mass is 9.93. The molecule has 1 amide bonds. The summed E-state index contributed by atoms with van der Waals surface area (Å²) in [6, 6.07) is 6.55. The minimum absolute atomic E-state index is 0.129. The predicted molar refractivity (Wildman–Crippen MR) is 95.2 cm³/mol. The zero-order chi connectivity index (χ0) is 19.7. The van der Waals surface area contributed by atoms with E-state index in [0.717, 1.165) is 0 Å². The highest BCUT2D eigenvalue weighted by Crippen LogP contribution is 2.43. The van der Waals surface area contributed by atoms with Crippen LogP contribution in [0.1, 0.15) is 31.1 Å². The first kappa shape index (κ1) is 18.5. The van der Waals surface area contributed by atoms with Crippen LogP contribution in [-0.4, -0.2) is 38.7 Å². The second-order valence-corrected chi connectivity index (χ2v) is 6.68. The molecule has 0 radical (unpaired) electrons. The lowest BCUT2D eigenvalue weighted by Gasteiger charge is -2.34. The predicted octanol–water partition coefficient (Wildman–Crippen LogP) is 2.69. The third-order valence-electron chi connectivity index (χ3n) is 4.16. The zero-order valence-electron chi connectivity index (χ0n) is 14.8. The molecule has 8 nitrogen and oxygen atoms in total. The van der Waals surface area contributed by atoms with Crippen molar-refractivity contribution in [2.75, 3.05) is 0 Å². The van der Waals surface area contributed by atoms with E-state index in [9.17, 15) is 25.2 Å². The standard InChI is InChI=1S/C19H21NO7/c1-9(2)20-19(25)27-17-8-12-14(23)6-11(21)7-16(12)26-18(17)10-3-4-13(22)15(24)5-10/h3-7,9,17-18,21-24H,8H2,1-2H3,(H,20,25). The molecule has 0 aliphatic carbocycles. The SMILES string of the molecule is CC(C)NC(=O)OC1Cc2c(O)cc(O)cc2OC1c1ccc(O)c(O)c1. The fourth-order valence-electron chi connectivity index (χ4n) is 2.96. The minimum Gasteiger partial charge on any atom is -0.508 e. The molecular weight excluding hydrogens is 354 g/mol. The first-order chi connectivity index (χ1) is 12.7. The Morgan fingerprint density at radius 1 is 1.11 bits per heavy atom. The molecule has 8 heteroatoms. The van der Waals surface area contributed by atoms with E-state index in [-0.39, 0.29) is 41.2 Å². The topological polar surface area (TPSA) is 128 Å². The Morgan fingerprint density at radius 3 is 2.52 bits per heavy atom. The van der Waals surface area contributed by atoms with Crippen molar-refractivity contribution in [2.45, 2.75) is 38.5 Å². The number of phenolic OH excluding ortho intramolecular Hbond substituents is 4. The molecule has 0 spiro atoms. The van der Waals surface area contributed by atoms with Crippen LogP contribution in [0.5, 0.6) is 28.7 Å². The monoisotopic (exact) mass is 375 g/mol. The summed E-state index contributed by atoms with van der Waals surface area (Å²) in [5.41, 5.74) is 0.857. The Bertz CT molecular complexity index is 865. The van der Waals surface area contributed by atoms with Gasteiger partial charge in [0.15, 0.2) is 17.6 Å². The van der Waals surface area contributed by atoms with Gasteiger partial charge in [-0.1, -0.05) is 6.07 Å². The Kier molecular flexibility index (Phi) is 4.89. The molecule has 2 aromatic rings.